The normalized spacial score (nSPS) is 9.60. The van der Waals surface area contributed by atoms with E-state index in [0.717, 1.165) is 4.57 Å². The fraction of sp³-hybridized carbons (Fsp3) is 0.200. The van der Waals surface area contributed by atoms with Crippen LogP contribution in [0.25, 0.3) is 0 Å². The van der Waals surface area contributed by atoms with E-state index >= 15 is 0 Å². The van der Waals surface area contributed by atoms with Crippen molar-refractivity contribution < 1.29 is 0 Å². The molecule has 5 nitrogen and oxygen atoms in total. The molecule has 1 rings (SSSR count). The highest BCUT2D eigenvalue weighted by atomic mass is 16.2. The lowest BCUT2D eigenvalue weighted by molar-refractivity contribution is 0.752. The predicted molar refractivity (Wildman–Crippen MR) is 35.9 cm³/mol. The largest absolute Gasteiger partial charge is 0.344 e. The molecule has 1 aromatic rings. The molecule has 2 N–H and O–H groups in total. The second-order valence-corrected chi connectivity index (χ2v) is 1.76. The van der Waals surface area contributed by atoms with Gasteiger partial charge >= 0.3 is 11.4 Å². The summed E-state index contributed by atoms with van der Waals surface area (Å²) in [6, 6.07) is 0. The molecule has 10 heavy (non-hydrogen) atoms. The van der Waals surface area contributed by atoms with Gasteiger partial charge < -0.3 is 0 Å². The monoisotopic (exact) mass is 141 g/mol. The maximum atomic E-state index is 10.7. The average molecular weight is 141 g/mol. The number of nitrogens with zero attached hydrogens (tertiary/aromatic N) is 1. The summed E-state index contributed by atoms with van der Waals surface area (Å²) in [6.07, 6.45) is 1.48. The van der Waals surface area contributed by atoms with Gasteiger partial charge in [-0.15, -0.1) is 6.58 Å². The number of rotatable bonds is 2. The third-order valence-electron chi connectivity index (χ3n) is 1.08. The maximum absolute atomic E-state index is 10.7. The fourth-order valence-electron chi connectivity index (χ4n) is 0.629. The Morgan fingerprint density at radius 3 is 2.30 bits per heavy atom. The van der Waals surface area contributed by atoms with Gasteiger partial charge in [0.05, 0.1) is 6.54 Å². The molecular weight excluding hydrogens is 134 g/mol. The zero-order valence-electron chi connectivity index (χ0n) is 5.26. The average Bonchev–Trinajstić information content (AvgIpc) is 2.20. The van der Waals surface area contributed by atoms with E-state index in [4.69, 9.17) is 0 Å². The van der Waals surface area contributed by atoms with Crippen molar-refractivity contribution in [3.63, 3.8) is 0 Å². The number of nitrogens with one attached hydrogen (secondary N) is 2. The van der Waals surface area contributed by atoms with Gasteiger partial charge in [0.25, 0.3) is 0 Å². The lowest BCUT2D eigenvalue weighted by atomic mass is 10.6. The van der Waals surface area contributed by atoms with Gasteiger partial charge in [-0.05, 0) is 0 Å². The summed E-state index contributed by atoms with van der Waals surface area (Å²) in [4.78, 5) is 21.3. The number of hydrogen-bond acceptors (Lipinski definition) is 2. The van der Waals surface area contributed by atoms with Gasteiger partial charge in [0.15, 0.2) is 0 Å². The molecule has 0 aromatic carbocycles. The number of aromatic nitrogens is 3. The molecule has 5 heteroatoms. The van der Waals surface area contributed by atoms with Crippen molar-refractivity contribution in [2.75, 3.05) is 0 Å². The molecule has 54 valence electrons. The Morgan fingerprint density at radius 1 is 1.40 bits per heavy atom. The van der Waals surface area contributed by atoms with Crippen LogP contribution >= 0.6 is 0 Å². The Labute approximate surface area is 56.0 Å². The number of hydrogen-bond donors (Lipinski definition) is 2. The van der Waals surface area contributed by atoms with Crippen molar-refractivity contribution >= 4 is 0 Å². The zero-order valence-corrected chi connectivity index (χ0v) is 5.26. The molecule has 1 aromatic heterocycles. The van der Waals surface area contributed by atoms with Gasteiger partial charge in [0.2, 0.25) is 0 Å². The quantitative estimate of drug-likeness (QED) is 0.521. The molecule has 0 radical (unpaired) electrons. The summed E-state index contributed by atoms with van der Waals surface area (Å²) in [7, 11) is 0. The van der Waals surface area contributed by atoms with Gasteiger partial charge in [-0.1, -0.05) is 6.08 Å². The van der Waals surface area contributed by atoms with Crippen molar-refractivity contribution in [2.24, 2.45) is 0 Å². The van der Waals surface area contributed by atoms with E-state index in [9.17, 15) is 9.59 Å². The second kappa shape index (κ2) is 2.38. The minimum Gasteiger partial charge on any atom is -0.247 e. The number of H-pyrrole nitrogens is 2. The third-order valence-corrected chi connectivity index (χ3v) is 1.08. The Hall–Kier alpha value is -1.52. The van der Waals surface area contributed by atoms with E-state index in [2.05, 4.69) is 16.8 Å². The van der Waals surface area contributed by atoms with E-state index in [-0.39, 0.29) is 6.54 Å². The minimum atomic E-state index is -0.440. The van der Waals surface area contributed by atoms with E-state index in [1.807, 2.05) is 0 Å². The van der Waals surface area contributed by atoms with Crippen molar-refractivity contribution in [3.8, 4) is 0 Å². The lowest BCUT2D eigenvalue weighted by Crippen LogP contribution is -2.25. The standard InChI is InChI=1S/C5H7N3O2/c1-2-3-8-4(9)6-7-5(8)10/h2H,1,3H2,(H,6,9)(H,7,10). The highest BCUT2D eigenvalue weighted by Gasteiger charge is 1.97. The van der Waals surface area contributed by atoms with Crippen LogP contribution in [0.5, 0.6) is 0 Å². The molecule has 0 aliphatic rings. The summed E-state index contributed by atoms with van der Waals surface area (Å²) < 4.78 is 1.01. The van der Waals surface area contributed by atoms with Crippen molar-refractivity contribution in [1.29, 1.82) is 0 Å². The first kappa shape index (κ1) is 6.60. The number of aromatic amines is 2. The van der Waals surface area contributed by atoms with E-state index in [0.29, 0.717) is 0 Å². The summed E-state index contributed by atoms with van der Waals surface area (Å²) in [5.41, 5.74) is -0.880. The van der Waals surface area contributed by atoms with Crippen LogP contribution in [0.15, 0.2) is 22.2 Å². The van der Waals surface area contributed by atoms with Gasteiger partial charge in [0.1, 0.15) is 0 Å². The smallest absolute Gasteiger partial charge is 0.247 e. The first-order valence-electron chi connectivity index (χ1n) is 2.74. The minimum absolute atomic E-state index is 0.234. The van der Waals surface area contributed by atoms with Crippen LogP contribution in [-0.4, -0.2) is 14.8 Å². The Balaban J connectivity index is 3.23. The van der Waals surface area contributed by atoms with Crippen molar-refractivity contribution in [1.82, 2.24) is 14.8 Å². The molecular formula is C5H7N3O2. The molecule has 0 atom stereocenters. The van der Waals surface area contributed by atoms with Crippen LogP contribution in [0.4, 0.5) is 0 Å². The van der Waals surface area contributed by atoms with Crippen LogP contribution in [0, 0.1) is 0 Å². The molecule has 0 aliphatic heterocycles. The van der Waals surface area contributed by atoms with E-state index in [1.165, 1.54) is 6.08 Å². The Bertz CT molecular complexity index is 302. The summed E-state index contributed by atoms with van der Waals surface area (Å²) >= 11 is 0. The van der Waals surface area contributed by atoms with Crippen LogP contribution in [0.1, 0.15) is 0 Å². The van der Waals surface area contributed by atoms with Crippen LogP contribution < -0.4 is 11.4 Å². The topological polar surface area (TPSA) is 70.7 Å². The van der Waals surface area contributed by atoms with Crippen molar-refractivity contribution in [2.45, 2.75) is 6.54 Å². The molecule has 0 saturated heterocycles. The summed E-state index contributed by atoms with van der Waals surface area (Å²) in [5.74, 6) is 0. The van der Waals surface area contributed by atoms with Gasteiger partial charge in [-0.25, -0.2) is 24.4 Å². The summed E-state index contributed by atoms with van der Waals surface area (Å²) in [6.45, 7) is 3.63. The predicted octanol–water partition coefficient (Wildman–Crippen LogP) is -0.949. The highest BCUT2D eigenvalue weighted by Crippen LogP contribution is 1.67. The summed E-state index contributed by atoms with van der Waals surface area (Å²) in [5, 5.41) is 4.29. The molecule has 0 bridgehead atoms. The van der Waals surface area contributed by atoms with Crippen LogP contribution in [0.2, 0.25) is 0 Å². The van der Waals surface area contributed by atoms with Gasteiger partial charge in [-0.3, -0.25) is 0 Å². The first-order chi connectivity index (χ1) is 4.75. The second-order valence-electron chi connectivity index (χ2n) is 1.76. The van der Waals surface area contributed by atoms with Crippen LogP contribution in [-0.2, 0) is 6.54 Å². The third kappa shape index (κ3) is 0.928. The van der Waals surface area contributed by atoms with E-state index in [1.54, 1.807) is 0 Å². The van der Waals surface area contributed by atoms with Crippen LogP contribution in [0.3, 0.4) is 0 Å². The molecule has 0 aliphatic carbocycles. The van der Waals surface area contributed by atoms with Crippen molar-refractivity contribution in [3.05, 3.63) is 33.6 Å². The van der Waals surface area contributed by atoms with E-state index < -0.39 is 11.4 Å². The molecule has 0 saturated carbocycles. The molecule has 0 unspecified atom stereocenters. The van der Waals surface area contributed by atoms with Gasteiger partial charge in [0, 0.05) is 0 Å². The Kier molecular flexibility index (Phi) is 1.57. The zero-order chi connectivity index (χ0) is 7.56. The molecule has 1 heterocycles. The van der Waals surface area contributed by atoms with Gasteiger partial charge in [-0.2, -0.15) is 0 Å². The first-order valence-corrected chi connectivity index (χ1v) is 2.74. The highest BCUT2D eigenvalue weighted by molar-refractivity contribution is 4.73. The maximum Gasteiger partial charge on any atom is 0.344 e. The molecule has 0 spiro atoms. The SMILES string of the molecule is C=CCn1c(=O)[nH][nH]c1=O. The lowest BCUT2D eigenvalue weighted by Gasteiger charge is -1.86. The Morgan fingerprint density at radius 2 is 1.90 bits per heavy atom. The fourth-order valence-corrected chi connectivity index (χ4v) is 0.629. The molecule has 0 fully saturated rings. The molecule has 0 amide bonds. The number of allylic oxidation sites excluding steroid dienone is 1.